The molecule has 1 aromatic heterocycles. The van der Waals surface area contributed by atoms with E-state index in [9.17, 15) is 13.2 Å². The molecule has 0 fully saturated rings. The van der Waals surface area contributed by atoms with Crippen molar-refractivity contribution in [3.8, 4) is 11.5 Å². The highest BCUT2D eigenvalue weighted by Gasteiger charge is 2.31. The monoisotopic (exact) mass is 454 g/mol. The van der Waals surface area contributed by atoms with Gasteiger partial charge < -0.3 is 29.2 Å². The van der Waals surface area contributed by atoms with Crippen LogP contribution in [0.3, 0.4) is 0 Å². The van der Waals surface area contributed by atoms with Crippen LogP contribution < -0.4 is 9.47 Å². The third-order valence-corrected chi connectivity index (χ3v) is 5.21. The second-order valence-electron chi connectivity index (χ2n) is 7.52. The summed E-state index contributed by atoms with van der Waals surface area (Å²) in [5.74, 6) is 0.606. The number of aryl methyl sites for hydroxylation is 1. The van der Waals surface area contributed by atoms with Crippen molar-refractivity contribution in [1.82, 2.24) is 0 Å². The fraction of sp³-hybridized carbons (Fsp3) is 0.391. The van der Waals surface area contributed by atoms with Crippen molar-refractivity contribution in [1.29, 1.82) is 0 Å². The molecule has 0 amide bonds. The van der Waals surface area contributed by atoms with E-state index in [2.05, 4.69) is 4.74 Å². The zero-order valence-electron chi connectivity index (χ0n) is 17.7. The normalized spacial score (nSPS) is 12.0. The lowest BCUT2D eigenvalue weighted by molar-refractivity contribution is -0.274. The average Bonchev–Trinajstić information content (AvgIpc) is 3.09. The number of fused-ring (bicyclic) bond motifs is 1. The third kappa shape index (κ3) is 5.93. The molecule has 6 nitrogen and oxygen atoms in total. The van der Waals surface area contributed by atoms with Gasteiger partial charge in [0.05, 0.1) is 6.61 Å². The Morgan fingerprint density at radius 3 is 2.41 bits per heavy atom. The maximum Gasteiger partial charge on any atom is 0.573 e. The molecule has 0 spiro atoms. The molecule has 0 unspecified atom stereocenters. The molecule has 32 heavy (non-hydrogen) atoms. The smallest absolute Gasteiger partial charge is 0.488 e. The van der Waals surface area contributed by atoms with E-state index in [0.717, 1.165) is 16.7 Å². The summed E-state index contributed by atoms with van der Waals surface area (Å²) in [5.41, 5.74) is 3.46. The molecular formula is C23H25F3O6. The molecule has 0 aliphatic rings. The van der Waals surface area contributed by atoms with Gasteiger partial charge in [-0.05, 0) is 61.2 Å². The number of aliphatic hydroxyl groups is 3. The van der Waals surface area contributed by atoms with Crippen molar-refractivity contribution in [2.24, 2.45) is 0 Å². The van der Waals surface area contributed by atoms with Crippen molar-refractivity contribution in [3.05, 3.63) is 58.3 Å². The molecule has 0 saturated carbocycles. The molecule has 174 valence electrons. The van der Waals surface area contributed by atoms with E-state index >= 15 is 0 Å². The summed E-state index contributed by atoms with van der Waals surface area (Å²) in [4.78, 5) is 0. The first kappa shape index (κ1) is 23.9. The Hall–Kier alpha value is -2.75. The van der Waals surface area contributed by atoms with Crippen LogP contribution in [0, 0.1) is 13.8 Å². The van der Waals surface area contributed by atoms with E-state index in [0.29, 0.717) is 34.5 Å². The van der Waals surface area contributed by atoms with Crippen LogP contribution in [-0.4, -0.2) is 34.6 Å². The zero-order chi connectivity index (χ0) is 23.5. The molecule has 9 heteroatoms. The van der Waals surface area contributed by atoms with Crippen LogP contribution in [0.2, 0.25) is 0 Å². The van der Waals surface area contributed by atoms with Crippen molar-refractivity contribution in [2.75, 3.05) is 6.61 Å². The van der Waals surface area contributed by atoms with Gasteiger partial charge in [0.1, 0.15) is 29.4 Å². The van der Waals surface area contributed by atoms with Gasteiger partial charge in [-0.25, -0.2) is 0 Å². The number of ether oxygens (including phenoxy) is 2. The number of rotatable bonds is 9. The maximum absolute atomic E-state index is 12.8. The molecule has 3 N–H and O–H groups in total. The molecule has 0 saturated heterocycles. The minimum atomic E-state index is -4.84. The molecular weight excluding hydrogens is 429 g/mol. The van der Waals surface area contributed by atoms with Crippen LogP contribution in [0.1, 0.15) is 34.4 Å². The molecule has 0 aliphatic heterocycles. The predicted molar refractivity (Wildman–Crippen MR) is 110 cm³/mol. The number of furan rings is 1. The standard InChI is InChI=1S/C23H25F3O6/c1-13-14(2)20(5-3-15(13)4-6-21(28)29)30-12-17-11-19(32-23(24,25)26)10-16-9-18(7-8-27)31-22(16)17/h3,5,9-11,21,27-29H,4,6-8,12H2,1-2H3. The van der Waals surface area contributed by atoms with Crippen LogP contribution in [-0.2, 0) is 19.4 Å². The summed E-state index contributed by atoms with van der Waals surface area (Å²) < 4.78 is 54.0. The summed E-state index contributed by atoms with van der Waals surface area (Å²) in [6.45, 7) is 3.53. The van der Waals surface area contributed by atoms with Crippen LogP contribution in [0.4, 0.5) is 13.2 Å². The summed E-state index contributed by atoms with van der Waals surface area (Å²) in [6, 6.07) is 7.59. The Kier molecular flexibility index (Phi) is 7.33. The Balaban J connectivity index is 1.88. The minimum absolute atomic E-state index is 0.0629. The highest BCUT2D eigenvalue weighted by Crippen LogP contribution is 2.33. The Labute approximate surface area is 182 Å². The van der Waals surface area contributed by atoms with Gasteiger partial charge in [0, 0.05) is 23.8 Å². The molecule has 2 aromatic carbocycles. The van der Waals surface area contributed by atoms with Gasteiger partial charge in [-0.3, -0.25) is 0 Å². The van der Waals surface area contributed by atoms with E-state index < -0.39 is 12.7 Å². The summed E-state index contributed by atoms with van der Waals surface area (Å²) >= 11 is 0. The first-order valence-corrected chi connectivity index (χ1v) is 10.1. The number of hydrogen-bond acceptors (Lipinski definition) is 6. The molecule has 0 aliphatic carbocycles. The molecule has 1 heterocycles. The molecule has 3 aromatic rings. The number of alkyl halides is 3. The Morgan fingerprint density at radius 1 is 1.00 bits per heavy atom. The summed E-state index contributed by atoms with van der Waals surface area (Å²) in [5, 5.41) is 27.7. The second-order valence-corrected chi connectivity index (χ2v) is 7.52. The van der Waals surface area contributed by atoms with Crippen LogP contribution in [0.15, 0.2) is 34.7 Å². The van der Waals surface area contributed by atoms with Gasteiger partial charge >= 0.3 is 6.36 Å². The fourth-order valence-corrected chi connectivity index (χ4v) is 3.50. The van der Waals surface area contributed by atoms with Crippen molar-refractivity contribution < 1.29 is 42.4 Å². The summed E-state index contributed by atoms with van der Waals surface area (Å²) in [7, 11) is 0. The van der Waals surface area contributed by atoms with Gasteiger partial charge in [0.2, 0.25) is 0 Å². The maximum atomic E-state index is 12.8. The van der Waals surface area contributed by atoms with Crippen LogP contribution in [0.25, 0.3) is 11.0 Å². The first-order valence-electron chi connectivity index (χ1n) is 10.1. The number of benzene rings is 2. The Bertz CT molecular complexity index is 1070. The summed E-state index contributed by atoms with van der Waals surface area (Å²) in [6.07, 6.45) is -5.30. The zero-order valence-corrected chi connectivity index (χ0v) is 17.7. The van der Waals surface area contributed by atoms with Gasteiger partial charge in [0.25, 0.3) is 0 Å². The van der Waals surface area contributed by atoms with Crippen LogP contribution >= 0.6 is 0 Å². The van der Waals surface area contributed by atoms with E-state index in [-0.39, 0.29) is 31.8 Å². The van der Waals surface area contributed by atoms with Crippen LogP contribution in [0.5, 0.6) is 11.5 Å². The SMILES string of the molecule is Cc1c(CCC(O)O)ccc(OCc2cc(OC(F)(F)F)cc3cc(CCO)oc23)c1C. The molecule has 0 bridgehead atoms. The third-order valence-electron chi connectivity index (χ3n) is 5.21. The first-order chi connectivity index (χ1) is 15.1. The van der Waals surface area contributed by atoms with Gasteiger partial charge in [-0.15, -0.1) is 13.2 Å². The highest BCUT2D eigenvalue weighted by molar-refractivity contribution is 5.83. The van der Waals surface area contributed by atoms with Gasteiger partial charge in [-0.1, -0.05) is 6.07 Å². The van der Waals surface area contributed by atoms with Crippen molar-refractivity contribution in [3.63, 3.8) is 0 Å². The minimum Gasteiger partial charge on any atom is -0.488 e. The van der Waals surface area contributed by atoms with Gasteiger partial charge in [0.15, 0.2) is 6.29 Å². The van der Waals surface area contributed by atoms with E-state index in [1.54, 1.807) is 12.1 Å². The number of halogens is 3. The van der Waals surface area contributed by atoms with E-state index in [4.69, 9.17) is 24.5 Å². The number of hydrogen-bond donors (Lipinski definition) is 3. The number of aliphatic hydroxyl groups excluding tert-OH is 2. The van der Waals surface area contributed by atoms with E-state index in [1.165, 1.54) is 12.1 Å². The largest absolute Gasteiger partial charge is 0.573 e. The molecule has 3 rings (SSSR count). The lowest BCUT2D eigenvalue weighted by atomic mass is 9.98. The topological polar surface area (TPSA) is 92.3 Å². The lowest BCUT2D eigenvalue weighted by Gasteiger charge is -2.16. The quantitative estimate of drug-likeness (QED) is 0.418. The second kappa shape index (κ2) is 9.81. The fourth-order valence-electron chi connectivity index (χ4n) is 3.50. The predicted octanol–water partition coefficient (Wildman–Crippen LogP) is 4.31. The van der Waals surface area contributed by atoms with E-state index in [1.807, 2.05) is 19.9 Å². The van der Waals surface area contributed by atoms with Gasteiger partial charge in [-0.2, -0.15) is 0 Å². The van der Waals surface area contributed by atoms with Crippen molar-refractivity contribution in [2.45, 2.75) is 52.4 Å². The molecule has 0 radical (unpaired) electrons. The Morgan fingerprint density at radius 2 is 1.75 bits per heavy atom. The molecule has 0 atom stereocenters. The highest BCUT2D eigenvalue weighted by atomic mass is 19.4. The average molecular weight is 454 g/mol. The van der Waals surface area contributed by atoms with Crippen molar-refractivity contribution >= 4 is 11.0 Å². The lowest BCUT2D eigenvalue weighted by Crippen LogP contribution is -2.17.